The van der Waals surface area contributed by atoms with Gasteiger partial charge < -0.3 is 30.7 Å². The summed E-state index contributed by atoms with van der Waals surface area (Å²) in [5.74, 6) is -0.305. The first-order valence-electron chi connectivity index (χ1n) is 15.6. The minimum absolute atomic E-state index is 0.0148. The van der Waals surface area contributed by atoms with Crippen LogP contribution in [0, 0.1) is 34.5 Å². The molecule has 248 valence electrons. The summed E-state index contributed by atoms with van der Waals surface area (Å²) in [6.07, 6.45) is 1.26. The lowest BCUT2D eigenvalue weighted by molar-refractivity contribution is -0.146. The summed E-state index contributed by atoms with van der Waals surface area (Å²) in [4.78, 5) is 51.6. The number of allylic oxidation sites excluding steroid dienone is 1. The molecule has 1 aromatic rings. The number of nitrogens with two attached hydrogens (primary N) is 1. The number of phosphoric acid groups is 1. The third kappa shape index (κ3) is 5.67. The summed E-state index contributed by atoms with van der Waals surface area (Å²) in [5.41, 5.74) is 5.05. The van der Waals surface area contributed by atoms with E-state index in [9.17, 15) is 39.2 Å². The number of rotatable bonds is 8. The molecule has 0 aromatic carbocycles. The second-order valence-corrected chi connectivity index (χ2v) is 15.3. The average Bonchev–Trinajstić information content (AvgIpc) is 3.46. The number of nitrogens with zero attached hydrogens (tertiary/aromatic N) is 2. The largest absolute Gasteiger partial charge is 0.472 e. The Morgan fingerprint density at radius 2 is 1.91 bits per heavy atom. The molecule has 12 atom stereocenters. The van der Waals surface area contributed by atoms with Crippen molar-refractivity contribution in [2.24, 2.45) is 34.5 Å². The fraction of sp³-hybridized carbons (Fsp3) is 0.733. The van der Waals surface area contributed by atoms with Crippen LogP contribution in [0.4, 0.5) is 5.82 Å². The fourth-order valence-corrected chi connectivity index (χ4v) is 10.1. The molecule has 1 saturated heterocycles. The smallest absolute Gasteiger partial charge is 0.393 e. The summed E-state index contributed by atoms with van der Waals surface area (Å²) in [6.45, 7) is 2.85. The maximum atomic E-state index is 13.5. The molecule has 6 N–H and O–H groups in total. The van der Waals surface area contributed by atoms with Crippen molar-refractivity contribution in [1.29, 1.82) is 0 Å². The number of aromatic nitrogens is 2. The van der Waals surface area contributed by atoms with Gasteiger partial charge in [-0.2, -0.15) is 4.98 Å². The number of ketones is 2. The predicted molar refractivity (Wildman–Crippen MR) is 157 cm³/mol. The number of hydrogen-bond acceptors (Lipinski definition) is 12. The van der Waals surface area contributed by atoms with Crippen molar-refractivity contribution in [1.82, 2.24) is 9.55 Å². The number of phosphoric ester groups is 1. The van der Waals surface area contributed by atoms with Crippen LogP contribution in [-0.4, -0.2) is 79.0 Å². The third-order valence-electron chi connectivity index (χ3n) is 11.5. The van der Waals surface area contributed by atoms with Crippen LogP contribution in [0.5, 0.6) is 0 Å². The summed E-state index contributed by atoms with van der Waals surface area (Å²) < 4.78 is 29.3. The van der Waals surface area contributed by atoms with Crippen LogP contribution >= 0.6 is 7.82 Å². The molecule has 0 spiro atoms. The molecule has 0 bridgehead atoms. The molecule has 4 fully saturated rings. The van der Waals surface area contributed by atoms with Gasteiger partial charge in [0, 0.05) is 18.5 Å². The minimum atomic E-state index is -4.79. The van der Waals surface area contributed by atoms with Crippen LogP contribution in [-0.2, 0) is 27.9 Å². The van der Waals surface area contributed by atoms with Crippen molar-refractivity contribution in [2.75, 3.05) is 18.9 Å². The number of ether oxygens (including phenoxy) is 1. The molecule has 12 unspecified atom stereocenters. The highest BCUT2D eigenvalue weighted by atomic mass is 31.2. The van der Waals surface area contributed by atoms with Gasteiger partial charge in [0.2, 0.25) is 0 Å². The molecule has 2 heterocycles. The number of hydrogen-bond donors (Lipinski definition) is 5. The van der Waals surface area contributed by atoms with Gasteiger partial charge in [-0.25, -0.2) is 9.36 Å². The van der Waals surface area contributed by atoms with E-state index < -0.39 is 68.7 Å². The van der Waals surface area contributed by atoms with E-state index in [0.29, 0.717) is 19.3 Å². The molecule has 15 heteroatoms. The van der Waals surface area contributed by atoms with Gasteiger partial charge in [-0.3, -0.25) is 23.2 Å². The Morgan fingerprint density at radius 3 is 2.64 bits per heavy atom. The number of carbonyl (C=O) groups is 2. The number of carbonyl (C=O) groups excluding carboxylic acids is 2. The minimum Gasteiger partial charge on any atom is -0.393 e. The molecule has 1 aromatic heterocycles. The zero-order valence-corrected chi connectivity index (χ0v) is 26.3. The SMILES string of the molecule is CC12CCC(=O)C=C1CCC1C2C(O)CC2(C)C(C(=O)COP(=O)(O)OCC3OC(n4ccc(N)nc4=O)C(O)C3O)CCC12. The Balaban J connectivity index is 1.06. The highest BCUT2D eigenvalue weighted by Gasteiger charge is 2.63. The monoisotopic (exact) mass is 651 g/mol. The molecule has 0 amide bonds. The zero-order valence-electron chi connectivity index (χ0n) is 25.4. The maximum Gasteiger partial charge on any atom is 0.472 e. The van der Waals surface area contributed by atoms with E-state index in [4.69, 9.17) is 19.5 Å². The molecule has 3 saturated carbocycles. The lowest BCUT2D eigenvalue weighted by Crippen LogP contribution is -2.57. The van der Waals surface area contributed by atoms with Crippen molar-refractivity contribution in [3.05, 3.63) is 34.4 Å². The molecule has 45 heavy (non-hydrogen) atoms. The Bertz CT molecular complexity index is 1500. The van der Waals surface area contributed by atoms with Gasteiger partial charge in [0.25, 0.3) is 0 Å². The second-order valence-electron chi connectivity index (χ2n) is 13.9. The fourth-order valence-electron chi connectivity index (χ4n) is 9.38. The highest BCUT2D eigenvalue weighted by Crippen LogP contribution is 2.66. The molecule has 14 nitrogen and oxygen atoms in total. The second kappa shape index (κ2) is 11.7. The van der Waals surface area contributed by atoms with E-state index in [-0.39, 0.29) is 40.6 Å². The standard InChI is InChI=1S/C30H42N3O11P/c1-29-9-7-16(34)11-15(29)3-4-17-18-5-6-19(30(18,2)12-20(35)24(17)29)21(36)13-42-45(40,41)43-14-22-25(37)26(38)27(44-22)33-10-8-23(31)32-28(33)39/h8,10-11,17-20,22,24-27,35,37-38H,3-7,9,12-14H2,1-2H3,(H,40,41)(H2,31,32,39). The molecule has 5 aliphatic rings. The van der Waals surface area contributed by atoms with Crippen LogP contribution < -0.4 is 11.4 Å². The number of aliphatic hydroxyl groups is 3. The lowest BCUT2D eigenvalue weighted by Gasteiger charge is -2.59. The third-order valence-corrected chi connectivity index (χ3v) is 12.4. The first kappa shape index (κ1) is 32.6. The quantitative estimate of drug-likeness (QED) is 0.250. The van der Waals surface area contributed by atoms with E-state index in [1.165, 1.54) is 12.3 Å². The zero-order chi connectivity index (χ0) is 32.5. The summed E-state index contributed by atoms with van der Waals surface area (Å²) in [5, 5.41) is 32.4. The topological polar surface area (TPSA) is 221 Å². The molecule has 0 radical (unpaired) electrons. The van der Waals surface area contributed by atoms with Crippen molar-refractivity contribution >= 4 is 25.2 Å². The number of Topliss-reactive ketones (excluding diaryl/α,β-unsaturated/α-hetero) is 1. The molecule has 1 aliphatic heterocycles. The highest BCUT2D eigenvalue weighted by molar-refractivity contribution is 7.47. The molecule has 4 aliphatic carbocycles. The van der Waals surface area contributed by atoms with Crippen LogP contribution in [0.1, 0.15) is 65.0 Å². The Kier molecular flexibility index (Phi) is 8.52. The van der Waals surface area contributed by atoms with Gasteiger partial charge in [-0.1, -0.05) is 19.4 Å². The van der Waals surface area contributed by atoms with Crippen molar-refractivity contribution in [3.63, 3.8) is 0 Å². The predicted octanol–water partition coefficient (Wildman–Crippen LogP) is 1.27. The first-order valence-corrected chi connectivity index (χ1v) is 17.1. The van der Waals surface area contributed by atoms with Crippen molar-refractivity contribution in [2.45, 2.75) is 89.4 Å². The van der Waals surface area contributed by atoms with Crippen molar-refractivity contribution in [3.8, 4) is 0 Å². The lowest BCUT2D eigenvalue weighted by atomic mass is 9.46. The van der Waals surface area contributed by atoms with E-state index in [2.05, 4.69) is 11.9 Å². The van der Waals surface area contributed by atoms with Crippen LogP contribution in [0.2, 0.25) is 0 Å². The molecular weight excluding hydrogens is 609 g/mol. The number of fused-ring (bicyclic) bond motifs is 5. The summed E-state index contributed by atoms with van der Waals surface area (Å²) >= 11 is 0. The van der Waals surface area contributed by atoms with Gasteiger partial charge in [-0.15, -0.1) is 0 Å². The maximum absolute atomic E-state index is 13.5. The van der Waals surface area contributed by atoms with Gasteiger partial charge in [0.1, 0.15) is 30.7 Å². The van der Waals surface area contributed by atoms with Gasteiger partial charge in [0.15, 0.2) is 17.8 Å². The Labute approximate surface area is 260 Å². The Hall–Kier alpha value is -2.29. The van der Waals surface area contributed by atoms with E-state index in [1.807, 2.05) is 6.92 Å². The van der Waals surface area contributed by atoms with Crippen LogP contribution in [0.25, 0.3) is 0 Å². The van der Waals surface area contributed by atoms with E-state index in [1.54, 1.807) is 6.08 Å². The average molecular weight is 652 g/mol. The van der Waals surface area contributed by atoms with E-state index in [0.717, 1.165) is 35.8 Å². The number of aliphatic hydroxyl groups excluding tert-OH is 3. The Morgan fingerprint density at radius 1 is 1.16 bits per heavy atom. The summed E-state index contributed by atoms with van der Waals surface area (Å²) in [7, 11) is -4.79. The molecular formula is C30H42N3O11P. The normalized spacial score (nSPS) is 42.3. The van der Waals surface area contributed by atoms with Crippen LogP contribution in [0.3, 0.4) is 0 Å². The van der Waals surface area contributed by atoms with Crippen LogP contribution in [0.15, 0.2) is 28.7 Å². The van der Waals surface area contributed by atoms with Gasteiger partial charge in [0.05, 0.1) is 12.7 Å². The number of nitrogen functional groups attached to an aromatic ring is 1. The number of anilines is 1. The van der Waals surface area contributed by atoms with Gasteiger partial charge >= 0.3 is 13.5 Å². The first-order chi connectivity index (χ1) is 21.1. The van der Waals surface area contributed by atoms with E-state index >= 15 is 0 Å². The van der Waals surface area contributed by atoms with Gasteiger partial charge in [-0.05, 0) is 79.3 Å². The molecule has 6 rings (SSSR count). The van der Waals surface area contributed by atoms with Crippen molar-refractivity contribution < 1.29 is 48.2 Å². The summed E-state index contributed by atoms with van der Waals surface area (Å²) in [6, 6.07) is 1.31.